The van der Waals surface area contributed by atoms with Crippen molar-refractivity contribution in [2.75, 3.05) is 58.9 Å². The Kier molecular flexibility index (Phi) is 7.21. The van der Waals surface area contributed by atoms with E-state index in [1.54, 1.807) is 0 Å². The van der Waals surface area contributed by atoms with E-state index in [9.17, 15) is 0 Å². The van der Waals surface area contributed by atoms with Gasteiger partial charge >= 0.3 is 0 Å². The molecule has 0 saturated carbocycles. The Bertz CT molecular complexity index is 368. The van der Waals surface area contributed by atoms with Crippen molar-refractivity contribution in [1.82, 2.24) is 20.0 Å². The van der Waals surface area contributed by atoms with Gasteiger partial charge in [0.2, 0.25) is 0 Å². The largest absolute Gasteiger partial charge is 0.357 e. The summed E-state index contributed by atoms with van der Waals surface area (Å²) in [5.74, 6) is 1.94. The number of hydrogen-bond donors (Lipinski definition) is 1. The third kappa shape index (κ3) is 4.47. The van der Waals surface area contributed by atoms with E-state index in [2.05, 4.69) is 33.9 Å². The molecule has 0 aromatic carbocycles. The zero-order chi connectivity index (χ0) is 14.7. The fraction of sp³-hybridized carbons (Fsp3) is 0.938. The van der Waals surface area contributed by atoms with Crippen LogP contribution in [0.25, 0.3) is 0 Å². The van der Waals surface area contributed by atoms with Crippen LogP contribution in [0.15, 0.2) is 4.99 Å². The second-order valence-electron chi connectivity index (χ2n) is 6.88. The summed E-state index contributed by atoms with van der Waals surface area (Å²) in [7, 11) is 0. The van der Waals surface area contributed by atoms with Crippen molar-refractivity contribution < 1.29 is 0 Å². The van der Waals surface area contributed by atoms with Gasteiger partial charge in [0.05, 0.1) is 6.54 Å². The molecular weight excluding hydrogens is 389 g/mol. The van der Waals surface area contributed by atoms with E-state index >= 15 is 0 Å². The first kappa shape index (κ1) is 18.3. The number of hydrogen-bond acceptors (Lipinski definition) is 3. The van der Waals surface area contributed by atoms with Crippen LogP contribution in [0, 0.1) is 5.92 Å². The summed E-state index contributed by atoms with van der Waals surface area (Å²) in [6.45, 7) is 14.9. The van der Waals surface area contributed by atoms with Crippen molar-refractivity contribution in [2.45, 2.75) is 32.7 Å². The molecule has 4 aliphatic heterocycles. The van der Waals surface area contributed by atoms with E-state index in [-0.39, 0.29) is 24.0 Å². The Hall–Kier alpha value is -0.0800. The van der Waals surface area contributed by atoms with Crippen LogP contribution < -0.4 is 5.32 Å². The molecule has 0 aromatic rings. The molecule has 4 rings (SSSR count). The Balaban J connectivity index is 0.00000176. The molecule has 2 atom stereocenters. The van der Waals surface area contributed by atoms with Crippen LogP contribution >= 0.6 is 24.0 Å². The molecule has 6 heteroatoms. The SMILES string of the molecule is CCNC(=NCC1CN2CCN1CC2)N1CCCC(C)C1.I. The highest BCUT2D eigenvalue weighted by Crippen LogP contribution is 2.17. The molecule has 0 aromatic heterocycles. The number of piperazine rings is 3. The monoisotopic (exact) mass is 421 g/mol. The predicted molar refractivity (Wildman–Crippen MR) is 103 cm³/mol. The van der Waals surface area contributed by atoms with E-state index in [1.807, 2.05) is 0 Å². The van der Waals surface area contributed by atoms with Crippen LogP contribution in [-0.2, 0) is 0 Å². The van der Waals surface area contributed by atoms with Gasteiger partial charge in [-0.15, -0.1) is 24.0 Å². The molecule has 4 saturated heterocycles. The van der Waals surface area contributed by atoms with Crippen molar-refractivity contribution in [3.8, 4) is 0 Å². The third-order valence-corrected chi connectivity index (χ3v) is 5.14. The lowest BCUT2D eigenvalue weighted by Crippen LogP contribution is -2.62. The van der Waals surface area contributed by atoms with E-state index in [1.165, 1.54) is 45.6 Å². The first-order chi connectivity index (χ1) is 10.3. The van der Waals surface area contributed by atoms with Crippen LogP contribution in [0.5, 0.6) is 0 Å². The maximum Gasteiger partial charge on any atom is 0.193 e. The number of fused-ring (bicyclic) bond motifs is 3. The van der Waals surface area contributed by atoms with Crippen molar-refractivity contribution in [3.05, 3.63) is 0 Å². The second-order valence-corrected chi connectivity index (χ2v) is 6.88. The molecule has 4 aliphatic rings. The van der Waals surface area contributed by atoms with E-state index < -0.39 is 0 Å². The summed E-state index contributed by atoms with van der Waals surface area (Å²) in [5.41, 5.74) is 0. The first-order valence-electron chi connectivity index (χ1n) is 8.76. The highest BCUT2D eigenvalue weighted by atomic mass is 127. The Labute approximate surface area is 152 Å². The topological polar surface area (TPSA) is 34.1 Å². The van der Waals surface area contributed by atoms with Gasteiger partial charge in [-0.1, -0.05) is 6.92 Å². The van der Waals surface area contributed by atoms with Gasteiger partial charge in [-0.25, -0.2) is 0 Å². The number of aliphatic imine (C=N–C) groups is 1. The molecule has 128 valence electrons. The van der Waals surface area contributed by atoms with Crippen molar-refractivity contribution in [3.63, 3.8) is 0 Å². The number of nitrogens with one attached hydrogen (secondary N) is 1. The zero-order valence-corrected chi connectivity index (χ0v) is 16.5. The number of likely N-dealkylation sites (tertiary alicyclic amines) is 1. The van der Waals surface area contributed by atoms with Crippen molar-refractivity contribution >= 4 is 29.9 Å². The van der Waals surface area contributed by atoms with Crippen molar-refractivity contribution in [1.29, 1.82) is 0 Å². The highest BCUT2D eigenvalue weighted by Gasteiger charge is 2.31. The van der Waals surface area contributed by atoms with E-state index in [0.29, 0.717) is 6.04 Å². The predicted octanol–water partition coefficient (Wildman–Crippen LogP) is 1.30. The molecule has 0 aliphatic carbocycles. The molecule has 2 unspecified atom stereocenters. The average molecular weight is 421 g/mol. The van der Waals surface area contributed by atoms with Crippen LogP contribution in [0.2, 0.25) is 0 Å². The summed E-state index contributed by atoms with van der Waals surface area (Å²) >= 11 is 0. The standard InChI is InChI=1S/C16H31N5.HI/c1-3-17-16(21-6-4-5-14(2)12-21)18-11-15-13-19-7-9-20(15)10-8-19;/h14-15H,3-13H2,1-2H3,(H,17,18);1H. The molecule has 0 radical (unpaired) electrons. The number of halogens is 1. The Morgan fingerprint density at radius 2 is 1.91 bits per heavy atom. The summed E-state index contributed by atoms with van der Waals surface area (Å²) < 4.78 is 0. The molecule has 0 spiro atoms. The summed E-state index contributed by atoms with van der Waals surface area (Å²) in [5, 5.41) is 3.50. The molecule has 1 N–H and O–H groups in total. The highest BCUT2D eigenvalue weighted by molar-refractivity contribution is 14.0. The number of guanidine groups is 1. The lowest BCUT2D eigenvalue weighted by molar-refractivity contribution is 0.0173. The van der Waals surface area contributed by atoms with Crippen LogP contribution in [0.3, 0.4) is 0 Å². The van der Waals surface area contributed by atoms with Gasteiger partial charge < -0.3 is 10.2 Å². The average Bonchev–Trinajstić information content (AvgIpc) is 2.52. The van der Waals surface area contributed by atoms with Gasteiger partial charge in [0.1, 0.15) is 0 Å². The first-order valence-corrected chi connectivity index (χ1v) is 8.76. The minimum atomic E-state index is 0. The lowest BCUT2D eigenvalue weighted by atomic mass is 10.0. The smallest absolute Gasteiger partial charge is 0.193 e. The summed E-state index contributed by atoms with van der Waals surface area (Å²) in [6, 6.07) is 0.628. The zero-order valence-electron chi connectivity index (χ0n) is 14.1. The normalized spacial score (nSPS) is 35.2. The fourth-order valence-electron chi connectivity index (χ4n) is 3.90. The molecular formula is C16H32IN5. The summed E-state index contributed by atoms with van der Waals surface area (Å²) in [4.78, 5) is 12.7. The quantitative estimate of drug-likeness (QED) is 0.423. The van der Waals surface area contributed by atoms with Gasteiger partial charge in [0, 0.05) is 58.4 Å². The van der Waals surface area contributed by atoms with Crippen molar-refractivity contribution in [2.24, 2.45) is 10.9 Å². The molecule has 4 heterocycles. The molecule has 22 heavy (non-hydrogen) atoms. The van der Waals surface area contributed by atoms with Crippen LogP contribution in [-0.4, -0.2) is 85.6 Å². The number of rotatable bonds is 3. The molecule has 4 fully saturated rings. The van der Waals surface area contributed by atoms with E-state index in [4.69, 9.17) is 4.99 Å². The fourth-order valence-corrected chi connectivity index (χ4v) is 3.90. The van der Waals surface area contributed by atoms with Gasteiger partial charge in [-0.2, -0.15) is 0 Å². The molecule has 5 nitrogen and oxygen atoms in total. The third-order valence-electron chi connectivity index (χ3n) is 5.14. The molecule has 0 amide bonds. The minimum absolute atomic E-state index is 0. The maximum absolute atomic E-state index is 4.98. The minimum Gasteiger partial charge on any atom is -0.357 e. The molecule has 2 bridgehead atoms. The van der Waals surface area contributed by atoms with Gasteiger partial charge in [0.25, 0.3) is 0 Å². The van der Waals surface area contributed by atoms with Crippen LogP contribution in [0.1, 0.15) is 26.7 Å². The lowest BCUT2D eigenvalue weighted by Gasteiger charge is -2.47. The van der Waals surface area contributed by atoms with Gasteiger partial charge in [-0.05, 0) is 25.7 Å². The second kappa shape index (κ2) is 8.68. The Morgan fingerprint density at radius 1 is 1.14 bits per heavy atom. The van der Waals surface area contributed by atoms with Gasteiger partial charge in [-0.3, -0.25) is 14.8 Å². The maximum atomic E-state index is 4.98. The Morgan fingerprint density at radius 3 is 2.50 bits per heavy atom. The van der Waals surface area contributed by atoms with Gasteiger partial charge in [0.15, 0.2) is 5.96 Å². The summed E-state index contributed by atoms with van der Waals surface area (Å²) in [6.07, 6.45) is 2.66. The number of nitrogens with zero attached hydrogens (tertiary/aromatic N) is 4. The number of piperidine rings is 1. The van der Waals surface area contributed by atoms with E-state index in [0.717, 1.165) is 38.1 Å². The van der Waals surface area contributed by atoms with Crippen LogP contribution in [0.4, 0.5) is 0 Å².